The van der Waals surface area contributed by atoms with E-state index < -0.39 is 13.1 Å². The average Bonchev–Trinajstić information content (AvgIpc) is 3.28. The fourth-order valence-electron chi connectivity index (χ4n) is 5.14. The Labute approximate surface area is 218 Å². The van der Waals surface area contributed by atoms with Crippen molar-refractivity contribution in [2.45, 2.75) is 5.16 Å². The first-order chi connectivity index (χ1) is 18.3. The maximum Gasteiger partial charge on any atom is 0.331 e. The summed E-state index contributed by atoms with van der Waals surface area (Å²) in [6.07, 6.45) is 0. The number of hydrogen-bond acceptors (Lipinski definition) is 2. The third-order valence-electron chi connectivity index (χ3n) is 6.76. The highest BCUT2D eigenvalue weighted by molar-refractivity contribution is 7.72. The van der Waals surface area contributed by atoms with Crippen molar-refractivity contribution in [1.29, 1.82) is 0 Å². The van der Waals surface area contributed by atoms with Gasteiger partial charge in [-0.2, -0.15) is 0 Å². The van der Waals surface area contributed by atoms with E-state index in [0.29, 0.717) is 0 Å². The Hall–Kier alpha value is -4.26. The second-order valence-electron chi connectivity index (χ2n) is 8.92. The average molecular weight is 497 g/mol. The summed E-state index contributed by atoms with van der Waals surface area (Å²) in [5.41, 5.74) is 5.62. The summed E-state index contributed by atoms with van der Waals surface area (Å²) in [6, 6.07) is 51.1. The molecule has 5 aromatic rings. The molecule has 0 aromatic heterocycles. The molecule has 5 aromatic carbocycles. The van der Waals surface area contributed by atoms with Crippen molar-refractivity contribution in [3.05, 3.63) is 179 Å². The van der Waals surface area contributed by atoms with E-state index in [9.17, 15) is 4.79 Å². The molecule has 0 radical (unpaired) electrons. The van der Waals surface area contributed by atoms with Crippen LogP contribution in [0.4, 0.5) is 0 Å². The van der Waals surface area contributed by atoms with Gasteiger partial charge in [-0.1, -0.05) is 152 Å². The zero-order chi connectivity index (χ0) is 25.1. The van der Waals surface area contributed by atoms with Gasteiger partial charge in [0.2, 0.25) is 0 Å². The van der Waals surface area contributed by atoms with Crippen LogP contribution >= 0.6 is 7.92 Å². The van der Waals surface area contributed by atoms with Crippen LogP contribution in [0.2, 0.25) is 0 Å². The quantitative estimate of drug-likeness (QED) is 0.184. The third-order valence-corrected chi connectivity index (χ3v) is 9.67. The molecular formula is C34H25O2P. The van der Waals surface area contributed by atoms with Crippen molar-refractivity contribution in [2.24, 2.45) is 0 Å². The van der Waals surface area contributed by atoms with Crippen LogP contribution in [0, 0.1) is 0 Å². The molecule has 1 aliphatic rings. The van der Waals surface area contributed by atoms with E-state index in [2.05, 4.69) is 60.7 Å². The molecule has 0 saturated carbocycles. The van der Waals surface area contributed by atoms with Crippen LogP contribution in [-0.2, 0) is 14.7 Å². The van der Waals surface area contributed by atoms with Crippen LogP contribution < -0.4 is 5.30 Å². The molecule has 1 saturated heterocycles. The van der Waals surface area contributed by atoms with Crippen molar-refractivity contribution in [3.8, 4) is 0 Å². The second kappa shape index (κ2) is 10.0. The molecule has 1 unspecified atom stereocenters. The summed E-state index contributed by atoms with van der Waals surface area (Å²) >= 11 is 0. The molecule has 2 nitrogen and oxygen atoms in total. The summed E-state index contributed by atoms with van der Waals surface area (Å²) in [5, 5.41) is 0.110. The molecule has 0 aliphatic carbocycles. The van der Waals surface area contributed by atoms with Gasteiger partial charge < -0.3 is 4.74 Å². The molecule has 6 rings (SSSR count). The summed E-state index contributed by atoms with van der Waals surface area (Å²) in [4.78, 5) is 14.4. The lowest BCUT2D eigenvalue weighted by Gasteiger charge is -2.33. The monoisotopic (exact) mass is 496 g/mol. The highest BCUT2D eigenvalue weighted by atomic mass is 31.1. The van der Waals surface area contributed by atoms with E-state index in [1.54, 1.807) is 0 Å². The fraction of sp³-hybridized carbons (Fsp3) is 0.0294. The first kappa shape index (κ1) is 23.2. The maximum atomic E-state index is 14.4. The smallest absolute Gasteiger partial charge is 0.331 e. The number of carbonyl (C=O) groups is 1. The van der Waals surface area contributed by atoms with Gasteiger partial charge in [0, 0.05) is 13.5 Å². The molecule has 37 heavy (non-hydrogen) atoms. The third kappa shape index (κ3) is 4.00. The van der Waals surface area contributed by atoms with Gasteiger partial charge in [0.25, 0.3) is 0 Å². The standard InChI is InChI=1S/C34H25O2P/c35-33-34(28-20-10-3-11-21-28,29-22-12-4-13-23-29)37(30-24-14-5-15-25-30)32(36-33)31(26-16-6-1-7-17-26)27-18-8-2-9-19-27/h1-25H. The Morgan fingerprint density at radius 3 is 1.32 bits per heavy atom. The number of carbonyl (C=O) groups excluding carboxylic acids is 1. The van der Waals surface area contributed by atoms with Gasteiger partial charge in [0.15, 0.2) is 0 Å². The van der Waals surface area contributed by atoms with E-state index in [0.717, 1.165) is 38.6 Å². The summed E-state index contributed by atoms with van der Waals surface area (Å²) in [7, 11) is -1.32. The Morgan fingerprint density at radius 2 is 0.892 bits per heavy atom. The Morgan fingerprint density at radius 1 is 0.514 bits per heavy atom. The zero-order valence-electron chi connectivity index (χ0n) is 20.2. The van der Waals surface area contributed by atoms with E-state index >= 15 is 0 Å². The summed E-state index contributed by atoms with van der Waals surface area (Å²) in [5.74, 6) is -0.237. The van der Waals surface area contributed by atoms with Crippen molar-refractivity contribution < 1.29 is 9.53 Å². The highest BCUT2D eigenvalue weighted by Crippen LogP contribution is 2.70. The van der Waals surface area contributed by atoms with Crippen LogP contribution in [0.5, 0.6) is 0 Å². The van der Waals surface area contributed by atoms with Gasteiger partial charge in [-0.3, -0.25) is 0 Å². The molecule has 1 heterocycles. The minimum absolute atomic E-state index is 0.237. The lowest BCUT2D eigenvalue weighted by Crippen LogP contribution is -2.33. The lowest BCUT2D eigenvalue weighted by molar-refractivity contribution is -0.138. The molecule has 0 bridgehead atoms. The van der Waals surface area contributed by atoms with Crippen LogP contribution in [-0.4, -0.2) is 5.97 Å². The van der Waals surface area contributed by atoms with Crippen molar-refractivity contribution in [1.82, 2.24) is 0 Å². The largest absolute Gasteiger partial charge is 0.424 e. The van der Waals surface area contributed by atoms with Gasteiger partial charge >= 0.3 is 5.97 Å². The number of ether oxygens (including phenoxy) is 1. The highest BCUT2D eigenvalue weighted by Gasteiger charge is 2.59. The number of cyclic esters (lactones) is 1. The molecule has 1 aliphatic heterocycles. The van der Waals surface area contributed by atoms with Crippen molar-refractivity contribution >= 4 is 24.8 Å². The normalized spacial score (nSPS) is 16.3. The number of hydrogen-bond donors (Lipinski definition) is 0. The minimum Gasteiger partial charge on any atom is -0.424 e. The van der Waals surface area contributed by atoms with Gasteiger partial charge in [0.1, 0.15) is 10.7 Å². The molecular weight excluding hydrogens is 471 g/mol. The predicted molar refractivity (Wildman–Crippen MR) is 152 cm³/mol. The second-order valence-corrected chi connectivity index (χ2v) is 11.2. The van der Waals surface area contributed by atoms with Gasteiger partial charge in [-0.15, -0.1) is 0 Å². The van der Waals surface area contributed by atoms with Gasteiger partial charge in [-0.25, -0.2) is 4.79 Å². The first-order valence-electron chi connectivity index (χ1n) is 12.3. The van der Waals surface area contributed by atoms with Crippen molar-refractivity contribution in [3.63, 3.8) is 0 Å². The van der Waals surface area contributed by atoms with E-state index in [1.165, 1.54) is 0 Å². The first-order valence-corrected chi connectivity index (χ1v) is 13.7. The number of rotatable bonds is 5. The lowest BCUT2D eigenvalue weighted by atomic mass is 9.90. The predicted octanol–water partition coefficient (Wildman–Crippen LogP) is 7.71. The minimum atomic E-state index is -1.32. The summed E-state index contributed by atoms with van der Waals surface area (Å²) < 4.78 is 6.49. The fourth-order valence-corrected chi connectivity index (χ4v) is 8.24. The molecule has 1 atom stereocenters. The molecule has 178 valence electrons. The molecule has 0 N–H and O–H groups in total. The van der Waals surface area contributed by atoms with Crippen LogP contribution in [0.3, 0.4) is 0 Å². The van der Waals surface area contributed by atoms with Gasteiger partial charge in [0.05, 0.1) is 0 Å². The zero-order valence-corrected chi connectivity index (χ0v) is 21.1. The SMILES string of the molecule is O=C1OC(=C(c2ccccc2)c2ccccc2)P(c2ccccc2)C1(c1ccccc1)c1ccccc1. The Balaban J connectivity index is 1.75. The van der Waals surface area contributed by atoms with Crippen LogP contribution in [0.1, 0.15) is 22.3 Å². The van der Waals surface area contributed by atoms with Gasteiger partial charge in [-0.05, 0) is 27.6 Å². The topological polar surface area (TPSA) is 26.3 Å². The number of esters is 1. The van der Waals surface area contributed by atoms with E-state index in [4.69, 9.17) is 4.74 Å². The van der Waals surface area contributed by atoms with E-state index in [-0.39, 0.29) is 5.97 Å². The summed E-state index contributed by atoms with van der Waals surface area (Å²) in [6.45, 7) is 0. The van der Waals surface area contributed by atoms with Crippen molar-refractivity contribution in [2.75, 3.05) is 0 Å². The number of benzene rings is 5. The molecule has 3 heteroatoms. The molecule has 0 amide bonds. The maximum absolute atomic E-state index is 14.4. The molecule has 1 fully saturated rings. The van der Waals surface area contributed by atoms with E-state index in [1.807, 2.05) is 91.0 Å². The Bertz CT molecular complexity index is 1450. The molecule has 0 spiro atoms. The van der Waals surface area contributed by atoms with Crippen LogP contribution in [0.25, 0.3) is 5.57 Å². The Kier molecular flexibility index (Phi) is 6.26. The van der Waals surface area contributed by atoms with Crippen LogP contribution in [0.15, 0.2) is 157 Å².